The van der Waals surface area contributed by atoms with Gasteiger partial charge in [0.2, 0.25) is 5.76 Å². The van der Waals surface area contributed by atoms with Crippen LogP contribution in [0.1, 0.15) is 109 Å². The molecule has 2 N–H and O–H groups in total. The Kier molecular flexibility index (Phi) is 9.74. The molecule has 1 aromatic heterocycles. The number of ether oxygens (including phenoxy) is 1. The molecule has 192 valence electrons. The number of rotatable bonds is 12. The van der Waals surface area contributed by atoms with Crippen LogP contribution in [0.25, 0.3) is 0 Å². The highest BCUT2D eigenvalue weighted by atomic mass is 32.2. The van der Waals surface area contributed by atoms with E-state index in [0.717, 1.165) is 31.6 Å². The lowest BCUT2D eigenvalue weighted by molar-refractivity contribution is -0.148. The van der Waals surface area contributed by atoms with Gasteiger partial charge in [0.25, 0.3) is 11.8 Å². The number of carboxylic acids is 1. The van der Waals surface area contributed by atoms with Crippen molar-refractivity contribution in [1.82, 2.24) is 10.5 Å². The summed E-state index contributed by atoms with van der Waals surface area (Å²) in [5, 5.41) is 17.0. The number of nitrogens with zero attached hydrogens (tertiary/aromatic N) is 1. The number of amides is 1. The summed E-state index contributed by atoms with van der Waals surface area (Å²) in [5.74, 6) is 0.367. The molecule has 0 bridgehead atoms. The van der Waals surface area contributed by atoms with Gasteiger partial charge in [-0.25, -0.2) is 0 Å². The van der Waals surface area contributed by atoms with Gasteiger partial charge in [-0.3, -0.25) is 9.59 Å². The molecule has 0 aromatic carbocycles. The number of aromatic nitrogens is 1. The quantitative estimate of drug-likeness (QED) is 0.351. The Morgan fingerprint density at radius 1 is 1.18 bits per heavy atom. The van der Waals surface area contributed by atoms with E-state index < -0.39 is 11.4 Å². The molecule has 8 heteroatoms. The van der Waals surface area contributed by atoms with Crippen LogP contribution >= 0.6 is 11.8 Å². The molecule has 2 aliphatic rings. The highest BCUT2D eigenvalue weighted by molar-refractivity contribution is 8.00. The van der Waals surface area contributed by atoms with Crippen LogP contribution in [0.2, 0.25) is 0 Å². The fraction of sp³-hybridized carbons (Fsp3) is 0.808. The van der Waals surface area contributed by atoms with Gasteiger partial charge in [-0.15, -0.1) is 11.8 Å². The number of carbonyl (C=O) groups is 2. The van der Waals surface area contributed by atoms with Crippen LogP contribution in [-0.4, -0.2) is 40.0 Å². The smallest absolute Gasteiger partial charge is 0.312 e. The fourth-order valence-corrected chi connectivity index (χ4v) is 6.39. The Morgan fingerprint density at radius 3 is 2.44 bits per heavy atom. The summed E-state index contributed by atoms with van der Waals surface area (Å²) in [6.45, 7) is 7.44. The van der Waals surface area contributed by atoms with Gasteiger partial charge in [0, 0.05) is 11.3 Å². The molecular formula is C26H42N2O5S. The lowest BCUT2D eigenvalue weighted by atomic mass is 9.80. The third-order valence-corrected chi connectivity index (χ3v) is 8.91. The number of aliphatic carboxylic acids is 1. The molecule has 0 aliphatic heterocycles. The van der Waals surface area contributed by atoms with Crippen molar-refractivity contribution in [3.8, 4) is 5.88 Å². The highest BCUT2D eigenvalue weighted by Crippen LogP contribution is 2.41. The zero-order valence-electron chi connectivity index (χ0n) is 21.2. The summed E-state index contributed by atoms with van der Waals surface area (Å²) >= 11 is 1.58. The van der Waals surface area contributed by atoms with Crippen LogP contribution in [0.15, 0.2) is 9.42 Å². The maximum Gasteiger partial charge on any atom is 0.312 e. The number of carboxylic acid groups (broad SMARTS) is 1. The van der Waals surface area contributed by atoms with Gasteiger partial charge in [0.15, 0.2) is 0 Å². The standard InChI is InChI=1S/C26H42N2O5S/c1-5-19(15-18-11-7-6-8-12-18)17(2)27-23(29)21-22(34-20-13-9-10-14-20)24(28-33-21)32-16-26(3,4)25(30)31/h17-20H,5-16H2,1-4H3,(H,27,29)(H,30,31). The summed E-state index contributed by atoms with van der Waals surface area (Å²) in [4.78, 5) is 25.4. The zero-order chi connectivity index (χ0) is 24.7. The first kappa shape index (κ1) is 26.9. The van der Waals surface area contributed by atoms with Crippen molar-refractivity contribution in [2.24, 2.45) is 17.3 Å². The normalized spacial score (nSPS) is 19.6. The topological polar surface area (TPSA) is 102 Å². The number of hydrogen-bond donors (Lipinski definition) is 2. The maximum absolute atomic E-state index is 13.3. The molecule has 1 aromatic rings. The number of carbonyl (C=O) groups excluding carboxylic acids is 1. The monoisotopic (exact) mass is 494 g/mol. The van der Waals surface area contributed by atoms with E-state index in [-0.39, 0.29) is 30.2 Å². The van der Waals surface area contributed by atoms with Crippen LogP contribution in [0.3, 0.4) is 0 Å². The Morgan fingerprint density at radius 2 is 1.82 bits per heavy atom. The van der Waals surface area contributed by atoms with E-state index in [1.54, 1.807) is 25.6 Å². The van der Waals surface area contributed by atoms with Crippen LogP contribution in [0.4, 0.5) is 0 Å². The average molecular weight is 495 g/mol. The van der Waals surface area contributed by atoms with E-state index in [1.807, 2.05) is 0 Å². The van der Waals surface area contributed by atoms with Crippen molar-refractivity contribution in [2.75, 3.05) is 6.61 Å². The summed E-state index contributed by atoms with van der Waals surface area (Å²) in [6.07, 6.45) is 13.3. The maximum atomic E-state index is 13.3. The van der Waals surface area contributed by atoms with Crippen molar-refractivity contribution in [3.63, 3.8) is 0 Å². The van der Waals surface area contributed by atoms with E-state index in [2.05, 4.69) is 24.3 Å². The Hall–Kier alpha value is -1.70. The van der Waals surface area contributed by atoms with Crippen LogP contribution in [0.5, 0.6) is 5.88 Å². The predicted octanol–water partition coefficient (Wildman–Crippen LogP) is 6.31. The Labute approximate surface area is 208 Å². The van der Waals surface area contributed by atoms with E-state index in [0.29, 0.717) is 16.1 Å². The first-order chi connectivity index (χ1) is 16.2. The molecule has 2 atom stereocenters. The van der Waals surface area contributed by atoms with Crippen molar-refractivity contribution in [1.29, 1.82) is 0 Å². The minimum atomic E-state index is -1.07. The van der Waals surface area contributed by atoms with Gasteiger partial charge < -0.3 is 19.7 Å². The zero-order valence-corrected chi connectivity index (χ0v) is 22.0. The molecule has 1 amide bonds. The van der Waals surface area contributed by atoms with Crippen LogP contribution < -0.4 is 10.1 Å². The first-order valence-electron chi connectivity index (χ1n) is 13.0. The lowest BCUT2D eigenvalue weighted by Crippen LogP contribution is -2.39. The Bertz CT molecular complexity index is 812. The highest BCUT2D eigenvalue weighted by Gasteiger charge is 2.33. The predicted molar refractivity (Wildman–Crippen MR) is 133 cm³/mol. The minimum absolute atomic E-state index is 0.0316. The van der Waals surface area contributed by atoms with E-state index in [9.17, 15) is 14.7 Å². The largest absolute Gasteiger partial charge is 0.481 e. The minimum Gasteiger partial charge on any atom is -0.481 e. The molecule has 0 saturated heterocycles. The molecule has 3 rings (SSSR count). The van der Waals surface area contributed by atoms with Gasteiger partial charge in [-0.2, -0.15) is 0 Å². The van der Waals surface area contributed by atoms with Gasteiger partial charge in [-0.05, 0) is 57.0 Å². The molecular weight excluding hydrogens is 452 g/mol. The van der Waals surface area contributed by atoms with Crippen LogP contribution in [-0.2, 0) is 4.79 Å². The molecule has 0 radical (unpaired) electrons. The fourth-order valence-electron chi connectivity index (χ4n) is 5.06. The van der Waals surface area contributed by atoms with Crippen molar-refractivity contribution in [3.05, 3.63) is 5.76 Å². The van der Waals surface area contributed by atoms with E-state index >= 15 is 0 Å². The van der Waals surface area contributed by atoms with Crippen molar-refractivity contribution < 1.29 is 24.0 Å². The molecule has 2 unspecified atom stereocenters. The second-order valence-electron chi connectivity index (χ2n) is 10.8. The summed E-state index contributed by atoms with van der Waals surface area (Å²) < 4.78 is 11.3. The van der Waals surface area contributed by atoms with E-state index in [4.69, 9.17) is 9.26 Å². The van der Waals surface area contributed by atoms with E-state index in [1.165, 1.54) is 44.9 Å². The SMILES string of the molecule is CCC(CC1CCCCC1)C(C)NC(=O)c1onc(OCC(C)(C)C(=O)O)c1SC1CCCC1. The van der Waals surface area contributed by atoms with Gasteiger partial charge in [-0.1, -0.05) is 58.3 Å². The summed E-state index contributed by atoms with van der Waals surface area (Å²) in [5.41, 5.74) is -1.07. The summed E-state index contributed by atoms with van der Waals surface area (Å²) in [7, 11) is 0. The van der Waals surface area contributed by atoms with Crippen molar-refractivity contribution >= 4 is 23.6 Å². The first-order valence-corrected chi connectivity index (χ1v) is 13.9. The molecule has 0 spiro atoms. The third-order valence-electron chi connectivity index (χ3n) is 7.51. The Balaban J connectivity index is 1.70. The average Bonchev–Trinajstić information content (AvgIpc) is 3.47. The van der Waals surface area contributed by atoms with Crippen LogP contribution in [0, 0.1) is 17.3 Å². The molecule has 1 heterocycles. The van der Waals surface area contributed by atoms with Gasteiger partial charge >= 0.3 is 5.97 Å². The van der Waals surface area contributed by atoms with Gasteiger partial charge in [0.1, 0.15) is 11.5 Å². The number of thioether (sulfide) groups is 1. The molecule has 2 saturated carbocycles. The third kappa shape index (κ3) is 7.15. The molecule has 2 fully saturated rings. The lowest BCUT2D eigenvalue weighted by Gasteiger charge is -2.30. The second-order valence-corrected chi connectivity index (χ2v) is 12.1. The number of hydrogen-bond acceptors (Lipinski definition) is 6. The summed E-state index contributed by atoms with van der Waals surface area (Å²) in [6, 6.07) is 0.0316. The molecule has 34 heavy (non-hydrogen) atoms. The second kappa shape index (κ2) is 12.3. The molecule has 7 nitrogen and oxygen atoms in total. The number of nitrogens with one attached hydrogen (secondary N) is 1. The van der Waals surface area contributed by atoms with Crippen molar-refractivity contribution in [2.45, 2.75) is 115 Å². The van der Waals surface area contributed by atoms with Gasteiger partial charge in [0.05, 0.1) is 5.41 Å². The molecule has 2 aliphatic carbocycles.